The molecule has 0 saturated carbocycles. The molecule has 6 nitrogen and oxygen atoms in total. The molecule has 0 aliphatic carbocycles. The zero-order chi connectivity index (χ0) is 12.7. The SMILES string of the molecule is CCCCN(CCCC)S(=O)(=O)c1ncn[nH]1. The monoisotopic (exact) mass is 260 g/mol. The summed E-state index contributed by atoms with van der Waals surface area (Å²) in [5, 5.41) is 5.94. The van der Waals surface area contributed by atoms with Crippen molar-refractivity contribution in [2.45, 2.75) is 44.7 Å². The van der Waals surface area contributed by atoms with Gasteiger partial charge in [-0.1, -0.05) is 26.7 Å². The maximum absolute atomic E-state index is 12.2. The molecule has 0 unspecified atom stereocenters. The zero-order valence-electron chi connectivity index (χ0n) is 10.4. The first-order valence-corrected chi connectivity index (χ1v) is 7.42. The number of rotatable bonds is 8. The van der Waals surface area contributed by atoms with E-state index in [-0.39, 0.29) is 5.16 Å². The van der Waals surface area contributed by atoms with Gasteiger partial charge in [0.15, 0.2) is 0 Å². The second-order valence-electron chi connectivity index (χ2n) is 3.90. The summed E-state index contributed by atoms with van der Waals surface area (Å²) in [5.41, 5.74) is 0. The van der Waals surface area contributed by atoms with Crippen molar-refractivity contribution < 1.29 is 8.42 Å². The van der Waals surface area contributed by atoms with Crippen LogP contribution in [0.3, 0.4) is 0 Å². The van der Waals surface area contributed by atoms with E-state index < -0.39 is 10.0 Å². The lowest BCUT2D eigenvalue weighted by molar-refractivity contribution is 0.392. The van der Waals surface area contributed by atoms with Crippen LogP contribution in [0.4, 0.5) is 0 Å². The van der Waals surface area contributed by atoms with E-state index in [2.05, 4.69) is 15.2 Å². The molecule has 7 heteroatoms. The van der Waals surface area contributed by atoms with Crippen LogP contribution < -0.4 is 0 Å². The van der Waals surface area contributed by atoms with E-state index in [9.17, 15) is 8.42 Å². The summed E-state index contributed by atoms with van der Waals surface area (Å²) in [6.07, 6.45) is 4.86. The van der Waals surface area contributed by atoms with Crippen LogP contribution in [0.2, 0.25) is 0 Å². The molecule has 0 fully saturated rings. The standard InChI is InChI=1S/C10H20N4O2S/c1-3-5-7-14(8-6-4-2)17(15,16)10-11-9-12-13-10/h9H,3-8H2,1-2H3,(H,11,12,13). The van der Waals surface area contributed by atoms with Gasteiger partial charge in [0, 0.05) is 13.1 Å². The Morgan fingerprint density at radius 2 is 1.82 bits per heavy atom. The lowest BCUT2D eigenvalue weighted by Gasteiger charge is -2.19. The van der Waals surface area contributed by atoms with Gasteiger partial charge in [0.1, 0.15) is 6.33 Å². The number of aromatic amines is 1. The molecular formula is C10H20N4O2S. The molecule has 0 aliphatic rings. The summed E-state index contributed by atoms with van der Waals surface area (Å²) in [4.78, 5) is 3.73. The quantitative estimate of drug-likeness (QED) is 0.766. The third-order valence-electron chi connectivity index (χ3n) is 2.50. The van der Waals surface area contributed by atoms with Crippen molar-refractivity contribution in [1.29, 1.82) is 0 Å². The number of nitrogens with one attached hydrogen (secondary N) is 1. The van der Waals surface area contributed by atoms with E-state index in [1.54, 1.807) is 0 Å². The molecule has 1 heterocycles. The van der Waals surface area contributed by atoms with Gasteiger partial charge in [-0.05, 0) is 12.8 Å². The molecule has 0 saturated heterocycles. The minimum Gasteiger partial charge on any atom is -0.249 e. The van der Waals surface area contributed by atoms with Gasteiger partial charge in [-0.2, -0.15) is 9.40 Å². The van der Waals surface area contributed by atoms with Crippen molar-refractivity contribution in [1.82, 2.24) is 19.5 Å². The molecule has 0 amide bonds. The summed E-state index contributed by atoms with van der Waals surface area (Å²) >= 11 is 0. The van der Waals surface area contributed by atoms with Gasteiger partial charge in [0.2, 0.25) is 0 Å². The van der Waals surface area contributed by atoms with Crippen molar-refractivity contribution >= 4 is 10.0 Å². The molecular weight excluding hydrogens is 240 g/mol. The Morgan fingerprint density at radius 3 is 2.24 bits per heavy atom. The summed E-state index contributed by atoms with van der Waals surface area (Å²) in [5.74, 6) is 0. The first kappa shape index (κ1) is 14.1. The molecule has 1 aromatic heterocycles. The number of unbranched alkanes of at least 4 members (excludes halogenated alkanes) is 2. The van der Waals surface area contributed by atoms with Crippen LogP contribution in [0.1, 0.15) is 39.5 Å². The Morgan fingerprint density at radius 1 is 1.24 bits per heavy atom. The highest BCUT2D eigenvalue weighted by Crippen LogP contribution is 2.12. The second-order valence-corrected chi connectivity index (χ2v) is 5.76. The van der Waals surface area contributed by atoms with Crippen molar-refractivity contribution in [3.8, 4) is 0 Å². The van der Waals surface area contributed by atoms with E-state index in [1.165, 1.54) is 10.6 Å². The fraction of sp³-hybridized carbons (Fsp3) is 0.800. The maximum Gasteiger partial charge on any atom is 0.278 e. The average Bonchev–Trinajstić information content (AvgIpc) is 2.83. The predicted molar refractivity (Wildman–Crippen MR) is 65.0 cm³/mol. The number of H-pyrrole nitrogens is 1. The van der Waals surface area contributed by atoms with Gasteiger partial charge in [0.25, 0.3) is 15.2 Å². The number of sulfonamides is 1. The Hall–Kier alpha value is -0.950. The average molecular weight is 260 g/mol. The minimum absolute atomic E-state index is 0.0651. The minimum atomic E-state index is -3.50. The van der Waals surface area contributed by atoms with E-state index >= 15 is 0 Å². The molecule has 98 valence electrons. The Bertz CT molecular complexity index is 394. The van der Waals surface area contributed by atoms with E-state index in [0.717, 1.165) is 25.7 Å². The fourth-order valence-electron chi connectivity index (χ4n) is 1.46. The number of nitrogens with zero attached hydrogens (tertiary/aromatic N) is 3. The van der Waals surface area contributed by atoms with Crippen LogP contribution in [-0.2, 0) is 10.0 Å². The lowest BCUT2D eigenvalue weighted by atomic mass is 10.3. The number of hydrogen-bond donors (Lipinski definition) is 1. The van der Waals surface area contributed by atoms with Crippen LogP contribution in [0.5, 0.6) is 0 Å². The molecule has 0 aromatic carbocycles. The summed E-state index contributed by atoms with van der Waals surface area (Å²) in [6.45, 7) is 5.16. The third-order valence-corrected chi connectivity index (χ3v) is 4.23. The van der Waals surface area contributed by atoms with E-state index in [4.69, 9.17) is 0 Å². The topological polar surface area (TPSA) is 79.0 Å². The van der Waals surface area contributed by atoms with Gasteiger partial charge in [-0.25, -0.2) is 18.5 Å². The van der Waals surface area contributed by atoms with E-state index in [0.29, 0.717) is 13.1 Å². The van der Waals surface area contributed by atoms with E-state index in [1.807, 2.05) is 13.8 Å². The van der Waals surface area contributed by atoms with Crippen LogP contribution in [0.15, 0.2) is 11.5 Å². The molecule has 0 bridgehead atoms. The second kappa shape index (κ2) is 6.70. The Kier molecular flexibility index (Phi) is 5.57. The maximum atomic E-state index is 12.2. The van der Waals surface area contributed by atoms with Crippen molar-refractivity contribution in [3.63, 3.8) is 0 Å². The van der Waals surface area contributed by atoms with Gasteiger partial charge >= 0.3 is 0 Å². The smallest absolute Gasteiger partial charge is 0.249 e. The van der Waals surface area contributed by atoms with Crippen LogP contribution in [0.25, 0.3) is 0 Å². The first-order chi connectivity index (χ1) is 8.12. The van der Waals surface area contributed by atoms with Crippen molar-refractivity contribution in [3.05, 3.63) is 6.33 Å². The molecule has 1 rings (SSSR count). The lowest BCUT2D eigenvalue weighted by Crippen LogP contribution is -2.33. The van der Waals surface area contributed by atoms with Crippen molar-refractivity contribution in [2.75, 3.05) is 13.1 Å². The molecule has 0 spiro atoms. The Labute approximate surface area is 102 Å². The van der Waals surface area contributed by atoms with Gasteiger partial charge in [-0.3, -0.25) is 0 Å². The highest BCUT2D eigenvalue weighted by molar-refractivity contribution is 7.88. The van der Waals surface area contributed by atoms with Crippen molar-refractivity contribution in [2.24, 2.45) is 0 Å². The summed E-state index contributed by atoms with van der Waals surface area (Å²) < 4.78 is 25.9. The molecule has 0 aliphatic heterocycles. The third kappa shape index (κ3) is 3.78. The number of hydrogen-bond acceptors (Lipinski definition) is 4. The van der Waals surface area contributed by atoms with Crippen LogP contribution >= 0.6 is 0 Å². The zero-order valence-corrected chi connectivity index (χ0v) is 11.2. The summed E-state index contributed by atoms with van der Waals surface area (Å²) in [6, 6.07) is 0. The summed E-state index contributed by atoms with van der Waals surface area (Å²) in [7, 11) is -3.50. The largest absolute Gasteiger partial charge is 0.278 e. The Balaban J connectivity index is 2.80. The van der Waals surface area contributed by atoms with Gasteiger partial charge in [0.05, 0.1) is 0 Å². The molecule has 0 atom stereocenters. The van der Waals surface area contributed by atoms with Crippen LogP contribution in [0, 0.1) is 0 Å². The first-order valence-electron chi connectivity index (χ1n) is 5.98. The number of aromatic nitrogens is 3. The fourth-order valence-corrected chi connectivity index (χ4v) is 2.79. The normalized spacial score (nSPS) is 12.2. The molecule has 1 aromatic rings. The van der Waals surface area contributed by atoms with Crippen LogP contribution in [-0.4, -0.2) is 41.0 Å². The molecule has 17 heavy (non-hydrogen) atoms. The molecule has 0 radical (unpaired) electrons. The van der Waals surface area contributed by atoms with Gasteiger partial charge in [-0.15, -0.1) is 0 Å². The highest BCUT2D eigenvalue weighted by atomic mass is 32.2. The van der Waals surface area contributed by atoms with Gasteiger partial charge < -0.3 is 0 Å². The highest BCUT2D eigenvalue weighted by Gasteiger charge is 2.26. The predicted octanol–water partition coefficient (Wildman–Crippen LogP) is 1.40. The molecule has 1 N–H and O–H groups in total.